The van der Waals surface area contributed by atoms with Crippen molar-refractivity contribution < 1.29 is 0 Å². The van der Waals surface area contributed by atoms with E-state index in [0.29, 0.717) is 5.92 Å². The van der Waals surface area contributed by atoms with Gasteiger partial charge in [-0.05, 0) is 62.7 Å². The van der Waals surface area contributed by atoms with E-state index in [1.54, 1.807) is 0 Å². The third kappa shape index (κ3) is 4.55. The van der Waals surface area contributed by atoms with Crippen LogP contribution in [0.3, 0.4) is 0 Å². The lowest BCUT2D eigenvalue weighted by molar-refractivity contribution is 0.156. The highest BCUT2D eigenvalue weighted by molar-refractivity contribution is 7.11. The van der Waals surface area contributed by atoms with Crippen molar-refractivity contribution >= 4 is 11.3 Å². The molecule has 2 aliphatic carbocycles. The Labute approximate surface area is 146 Å². The van der Waals surface area contributed by atoms with Crippen LogP contribution in [-0.2, 0) is 6.42 Å². The number of rotatable bonds is 6. The first-order valence-electron chi connectivity index (χ1n) is 10.1. The minimum absolute atomic E-state index is 0.714. The van der Waals surface area contributed by atoms with Crippen LogP contribution in [0.1, 0.15) is 100 Å². The van der Waals surface area contributed by atoms with Crippen LogP contribution in [-0.4, -0.2) is 10.2 Å². The first-order valence-corrected chi connectivity index (χ1v) is 10.9. The lowest BCUT2D eigenvalue weighted by Crippen LogP contribution is -2.25. The number of hydrogen-bond donors (Lipinski definition) is 0. The zero-order valence-corrected chi connectivity index (χ0v) is 15.9. The average Bonchev–Trinajstić information content (AvgIpc) is 3.05. The Morgan fingerprint density at radius 3 is 2.09 bits per heavy atom. The molecule has 0 bridgehead atoms. The maximum Gasteiger partial charge on any atom is 0.120 e. The van der Waals surface area contributed by atoms with E-state index in [-0.39, 0.29) is 0 Å². The molecule has 3 heteroatoms. The molecule has 2 saturated carbocycles. The van der Waals surface area contributed by atoms with Gasteiger partial charge in [-0.2, -0.15) is 0 Å². The molecule has 0 atom stereocenters. The van der Waals surface area contributed by atoms with Crippen LogP contribution >= 0.6 is 11.3 Å². The van der Waals surface area contributed by atoms with Gasteiger partial charge in [0, 0.05) is 12.3 Å². The van der Waals surface area contributed by atoms with E-state index in [2.05, 4.69) is 24.0 Å². The van der Waals surface area contributed by atoms with Gasteiger partial charge in [0.15, 0.2) is 0 Å². The molecule has 23 heavy (non-hydrogen) atoms. The van der Waals surface area contributed by atoms with Crippen molar-refractivity contribution in [1.82, 2.24) is 10.2 Å². The molecular formula is C20H34N2S. The number of aryl methyl sites for hydroxylation is 1. The van der Waals surface area contributed by atoms with E-state index in [9.17, 15) is 0 Å². The normalized spacial score (nSPS) is 32.1. The van der Waals surface area contributed by atoms with Crippen LogP contribution in [0.15, 0.2) is 0 Å². The molecule has 2 aliphatic rings. The molecule has 0 spiro atoms. The fourth-order valence-corrected chi connectivity index (χ4v) is 6.05. The molecule has 0 aromatic carbocycles. The van der Waals surface area contributed by atoms with Gasteiger partial charge in [-0.15, -0.1) is 21.5 Å². The Balaban J connectivity index is 1.45. The van der Waals surface area contributed by atoms with Gasteiger partial charge < -0.3 is 0 Å². The highest BCUT2D eigenvalue weighted by Crippen LogP contribution is 2.44. The number of aromatic nitrogens is 2. The second kappa shape index (κ2) is 8.60. The molecule has 130 valence electrons. The van der Waals surface area contributed by atoms with Crippen LogP contribution in [0.25, 0.3) is 0 Å². The SMILES string of the molecule is CCCc1nnc(C2CCC([C@H]3CC[C@H](CCC)CC3)CC2)s1. The number of nitrogens with zero attached hydrogens (tertiary/aromatic N) is 2. The van der Waals surface area contributed by atoms with Crippen LogP contribution in [0.4, 0.5) is 0 Å². The van der Waals surface area contributed by atoms with Crippen molar-refractivity contribution in [3.05, 3.63) is 10.0 Å². The molecule has 1 heterocycles. The summed E-state index contributed by atoms with van der Waals surface area (Å²) in [6, 6.07) is 0. The Kier molecular flexibility index (Phi) is 6.50. The summed E-state index contributed by atoms with van der Waals surface area (Å²) in [4.78, 5) is 0. The highest BCUT2D eigenvalue weighted by Gasteiger charge is 2.32. The molecule has 0 saturated heterocycles. The fraction of sp³-hybridized carbons (Fsp3) is 0.900. The van der Waals surface area contributed by atoms with Crippen LogP contribution in [0.2, 0.25) is 0 Å². The maximum absolute atomic E-state index is 4.49. The van der Waals surface area contributed by atoms with E-state index >= 15 is 0 Å². The van der Waals surface area contributed by atoms with Gasteiger partial charge in [-0.1, -0.05) is 39.5 Å². The van der Waals surface area contributed by atoms with Crippen molar-refractivity contribution in [2.75, 3.05) is 0 Å². The third-order valence-electron chi connectivity index (χ3n) is 6.32. The Morgan fingerprint density at radius 2 is 1.48 bits per heavy atom. The van der Waals surface area contributed by atoms with Gasteiger partial charge in [0.2, 0.25) is 0 Å². The second-order valence-corrected chi connectivity index (χ2v) is 9.06. The van der Waals surface area contributed by atoms with E-state index in [4.69, 9.17) is 0 Å². The molecule has 2 fully saturated rings. The van der Waals surface area contributed by atoms with Crippen LogP contribution in [0.5, 0.6) is 0 Å². The van der Waals surface area contributed by atoms with E-state index in [1.165, 1.54) is 80.6 Å². The molecule has 0 aliphatic heterocycles. The largest absolute Gasteiger partial charge is 0.144 e. The summed E-state index contributed by atoms with van der Waals surface area (Å²) in [5.74, 6) is 3.81. The zero-order valence-electron chi connectivity index (χ0n) is 15.1. The quantitative estimate of drug-likeness (QED) is 0.604. The second-order valence-electron chi connectivity index (χ2n) is 7.97. The van der Waals surface area contributed by atoms with Gasteiger partial charge in [0.25, 0.3) is 0 Å². The molecule has 1 aromatic heterocycles. The van der Waals surface area contributed by atoms with Gasteiger partial charge in [0.1, 0.15) is 10.0 Å². The molecule has 3 rings (SSSR count). The third-order valence-corrected chi connectivity index (χ3v) is 7.47. The highest BCUT2D eigenvalue weighted by atomic mass is 32.1. The summed E-state index contributed by atoms with van der Waals surface area (Å²) in [6.07, 6.45) is 16.8. The molecule has 0 unspecified atom stereocenters. The Bertz CT molecular complexity index is 454. The predicted molar refractivity (Wildman–Crippen MR) is 99.0 cm³/mol. The van der Waals surface area contributed by atoms with Crippen molar-refractivity contribution in [3.63, 3.8) is 0 Å². The smallest absolute Gasteiger partial charge is 0.120 e. The maximum atomic E-state index is 4.49. The van der Waals surface area contributed by atoms with E-state index < -0.39 is 0 Å². The van der Waals surface area contributed by atoms with E-state index in [1.807, 2.05) is 11.3 Å². The monoisotopic (exact) mass is 334 g/mol. The minimum atomic E-state index is 0.714. The topological polar surface area (TPSA) is 25.8 Å². The van der Waals surface area contributed by atoms with Gasteiger partial charge >= 0.3 is 0 Å². The van der Waals surface area contributed by atoms with Gasteiger partial charge in [-0.25, -0.2) is 0 Å². The minimum Gasteiger partial charge on any atom is -0.144 e. The molecule has 1 aromatic rings. The molecule has 2 nitrogen and oxygen atoms in total. The van der Waals surface area contributed by atoms with E-state index in [0.717, 1.165) is 24.2 Å². The van der Waals surface area contributed by atoms with Crippen molar-refractivity contribution in [2.45, 2.75) is 96.8 Å². The first-order chi connectivity index (χ1) is 11.3. The van der Waals surface area contributed by atoms with Crippen LogP contribution < -0.4 is 0 Å². The summed E-state index contributed by atoms with van der Waals surface area (Å²) in [5.41, 5.74) is 0. The predicted octanol–water partition coefficient (Wildman–Crippen LogP) is 6.37. The fourth-order valence-electron chi connectivity index (χ4n) is 4.94. The summed E-state index contributed by atoms with van der Waals surface area (Å²) in [6.45, 7) is 4.56. The van der Waals surface area contributed by atoms with Crippen LogP contribution in [0, 0.1) is 17.8 Å². The van der Waals surface area contributed by atoms with Crippen molar-refractivity contribution in [2.24, 2.45) is 17.8 Å². The molecule has 0 N–H and O–H groups in total. The summed E-state index contributed by atoms with van der Waals surface area (Å²) < 4.78 is 0. The first kappa shape index (κ1) is 17.4. The number of hydrogen-bond acceptors (Lipinski definition) is 3. The van der Waals surface area contributed by atoms with Gasteiger partial charge in [0.05, 0.1) is 0 Å². The zero-order chi connectivity index (χ0) is 16.1. The van der Waals surface area contributed by atoms with Crippen molar-refractivity contribution in [1.29, 1.82) is 0 Å². The van der Waals surface area contributed by atoms with Crippen molar-refractivity contribution in [3.8, 4) is 0 Å². The lowest BCUT2D eigenvalue weighted by atomic mass is 9.69. The summed E-state index contributed by atoms with van der Waals surface area (Å²) >= 11 is 1.88. The molecule has 0 amide bonds. The lowest BCUT2D eigenvalue weighted by Gasteiger charge is -2.37. The Morgan fingerprint density at radius 1 is 0.826 bits per heavy atom. The molecular weight excluding hydrogens is 300 g/mol. The Hall–Kier alpha value is -0.440. The van der Waals surface area contributed by atoms with Gasteiger partial charge in [-0.3, -0.25) is 0 Å². The summed E-state index contributed by atoms with van der Waals surface area (Å²) in [5, 5.41) is 11.5. The average molecular weight is 335 g/mol. The summed E-state index contributed by atoms with van der Waals surface area (Å²) in [7, 11) is 0. The molecule has 0 radical (unpaired) electrons. The standard InChI is InChI=1S/C20H34N2S/c1-3-5-15-7-9-16(10-8-15)17-11-13-18(14-12-17)20-22-21-19(23-20)6-4-2/h15-18H,3-14H2,1-2H3/t15-,16-,17?,18?.